The third-order valence-corrected chi connectivity index (χ3v) is 3.34. The van der Waals surface area contributed by atoms with Gasteiger partial charge in [0.2, 0.25) is 0 Å². The number of halogens is 1. The van der Waals surface area contributed by atoms with Crippen molar-refractivity contribution in [3.63, 3.8) is 0 Å². The van der Waals surface area contributed by atoms with Gasteiger partial charge in [0, 0.05) is 10.7 Å². The van der Waals surface area contributed by atoms with E-state index in [0.29, 0.717) is 16.0 Å². The van der Waals surface area contributed by atoms with Crippen molar-refractivity contribution >= 4 is 39.4 Å². The molecule has 0 aliphatic carbocycles. The quantitative estimate of drug-likeness (QED) is 0.823. The summed E-state index contributed by atoms with van der Waals surface area (Å²) in [4.78, 5) is 26.6. The molecule has 0 unspecified atom stereocenters. The van der Waals surface area contributed by atoms with Crippen LogP contribution in [0, 0.1) is 0 Å². The average Bonchev–Trinajstić information content (AvgIpc) is 2.49. The maximum atomic E-state index is 11.7. The zero-order valence-corrected chi connectivity index (χ0v) is 12.5. The minimum absolute atomic E-state index is 0.154. The number of carbonyl (C=O) groups is 2. The van der Waals surface area contributed by atoms with Crippen LogP contribution in [0.1, 0.15) is 20.7 Å². The number of nitrogens with one attached hydrogen (secondary N) is 1. The molecule has 0 aliphatic heterocycles. The summed E-state index contributed by atoms with van der Waals surface area (Å²) in [5, 5.41) is 11.9. The van der Waals surface area contributed by atoms with Crippen LogP contribution >= 0.6 is 15.9 Å². The second kappa shape index (κ2) is 6.36. The molecule has 0 saturated carbocycles. The zero-order valence-electron chi connectivity index (χ0n) is 11.0. The molecule has 1 aromatic heterocycles. The van der Waals surface area contributed by atoms with Crippen molar-refractivity contribution in [2.45, 2.75) is 0 Å². The highest BCUT2D eigenvalue weighted by molar-refractivity contribution is 9.10. The number of pyridine rings is 1. The highest BCUT2D eigenvalue weighted by Gasteiger charge is 2.14. The van der Waals surface area contributed by atoms with Crippen LogP contribution in [0.15, 0.2) is 41.0 Å². The first kappa shape index (κ1) is 15.0. The Bertz CT molecular complexity index is 703. The van der Waals surface area contributed by atoms with Gasteiger partial charge in [-0.1, -0.05) is 0 Å². The summed E-state index contributed by atoms with van der Waals surface area (Å²) in [5.41, 5.74) is 1.03. The Morgan fingerprint density at radius 2 is 2.10 bits per heavy atom. The summed E-state index contributed by atoms with van der Waals surface area (Å²) in [6.07, 6.45) is 1.54. The molecule has 0 radical (unpaired) electrons. The molecule has 0 saturated heterocycles. The fourth-order valence-electron chi connectivity index (χ4n) is 1.66. The first-order chi connectivity index (χ1) is 10.0. The number of hydrogen-bond donors (Lipinski definition) is 2. The fraction of sp³-hybridized carbons (Fsp3) is 0.0714. The summed E-state index contributed by atoms with van der Waals surface area (Å²) >= 11 is 3.28. The van der Waals surface area contributed by atoms with Gasteiger partial charge in [0.05, 0.1) is 18.4 Å². The Kier molecular flexibility index (Phi) is 4.54. The number of benzene rings is 1. The van der Waals surface area contributed by atoms with E-state index in [4.69, 9.17) is 5.11 Å². The van der Waals surface area contributed by atoms with Gasteiger partial charge >= 0.3 is 11.9 Å². The van der Waals surface area contributed by atoms with E-state index in [1.165, 1.54) is 25.4 Å². The lowest BCUT2D eigenvalue weighted by atomic mass is 10.2. The van der Waals surface area contributed by atoms with E-state index in [1.54, 1.807) is 18.2 Å². The maximum Gasteiger partial charge on any atom is 0.341 e. The molecule has 2 aromatic rings. The van der Waals surface area contributed by atoms with Gasteiger partial charge in [0.25, 0.3) is 0 Å². The van der Waals surface area contributed by atoms with Crippen LogP contribution in [0.4, 0.5) is 11.5 Å². The Hall–Kier alpha value is -2.41. The Balaban J connectivity index is 2.35. The van der Waals surface area contributed by atoms with Crippen molar-refractivity contribution in [2.75, 3.05) is 12.4 Å². The maximum absolute atomic E-state index is 11.7. The molecule has 0 bridgehead atoms. The van der Waals surface area contributed by atoms with Gasteiger partial charge in [0.15, 0.2) is 0 Å². The number of carbonyl (C=O) groups excluding carboxylic acids is 1. The number of methoxy groups -OCH3 is 1. The molecule has 0 atom stereocenters. The molecule has 1 aromatic carbocycles. The molecular weight excluding hydrogens is 340 g/mol. The third kappa shape index (κ3) is 3.38. The van der Waals surface area contributed by atoms with Gasteiger partial charge in [0.1, 0.15) is 11.4 Å². The first-order valence-electron chi connectivity index (χ1n) is 5.86. The average molecular weight is 351 g/mol. The second-order valence-electron chi connectivity index (χ2n) is 4.02. The van der Waals surface area contributed by atoms with Gasteiger partial charge in [-0.15, -0.1) is 0 Å². The summed E-state index contributed by atoms with van der Waals surface area (Å²) in [6.45, 7) is 0. The van der Waals surface area contributed by atoms with Crippen molar-refractivity contribution in [2.24, 2.45) is 0 Å². The molecule has 0 amide bonds. The molecule has 7 heteroatoms. The molecule has 0 aliphatic rings. The summed E-state index contributed by atoms with van der Waals surface area (Å²) in [5.74, 6) is -1.20. The standard InChI is InChI=1S/C14H11BrN2O4/c1-21-14(20)9-3-2-6-16-12(9)17-11-5-4-8(13(18)19)7-10(11)15/h2-7H,1H3,(H,16,17)(H,18,19). The Morgan fingerprint density at radius 1 is 1.33 bits per heavy atom. The predicted molar refractivity (Wildman–Crippen MR) is 80.0 cm³/mol. The van der Waals surface area contributed by atoms with Crippen LogP contribution in [-0.2, 0) is 4.74 Å². The van der Waals surface area contributed by atoms with Gasteiger partial charge in [-0.2, -0.15) is 0 Å². The summed E-state index contributed by atoms with van der Waals surface area (Å²) in [7, 11) is 1.29. The number of carboxylic acids is 1. The number of aromatic carboxylic acids is 1. The van der Waals surface area contributed by atoms with Gasteiger partial charge in [-0.3, -0.25) is 0 Å². The lowest BCUT2D eigenvalue weighted by molar-refractivity contribution is 0.0600. The number of esters is 1. The van der Waals surface area contributed by atoms with E-state index >= 15 is 0 Å². The van der Waals surface area contributed by atoms with Crippen LogP contribution in [-0.4, -0.2) is 29.1 Å². The molecule has 6 nitrogen and oxygen atoms in total. The van der Waals surface area contributed by atoms with Crippen molar-refractivity contribution in [1.29, 1.82) is 0 Å². The van der Waals surface area contributed by atoms with Crippen molar-refractivity contribution in [3.05, 3.63) is 52.1 Å². The van der Waals surface area contributed by atoms with Crippen LogP contribution in [0.5, 0.6) is 0 Å². The molecule has 0 spiro atoms. The number of carboxylic acid groups (broad SMARTS) is 1. The number of anilines is 2. The minimum Gasteiger partial charge on any atom is -0.478 e. The number of rotatable bonds is 4. The molecule has 1 heterocycles. The minimum atomic E-state index is -1.02. The normalized spacial score (nSPS) is 10.0. The molecular formula is C14H11BrN2O4. The van der Waals surface area contributed by atoms with Crippen LogP contribution in [0.3, 0.4) is 0 Å². The summed E-state index contributed by atoms with van der Waals surface area (Å²) in [6, 6.07) is 7.71. The Morgan fingerprint density at radius 3 is 2.71 bits per heavy atom. The molecule has 2 rings (SSSR count). The third-order valence-electron chi connectivity index (χ3n) is 2.68. The molecule has 2 N–H and O–H groups in total. The lowest BCUT2D eigenvalue weighted by Gasteiger charge is -2.11. The molecule has 0 fully saturated rings. The van der Waals surface area contributed by atoms with E-state index in [0.717, 1.165) is 0 Å². The monoisotopic (exact) mass is 350 g/mol. The van der Waals surface area contributed by atoms with E-state index in [1.807, 2.05) is 0 Å². The highest BCUT2D eigenvalue weighted by atomic mass is 79.9. The number of ether oxygens (including phenoxy) is 1. The Labute approximate surface area is 128 Å². The largest absolute Gasteiger partial charge is 0.478 e. The van der Waals surface area contributed by atoms with Crippen LogP contribution < -0.4 is 5.32 Å². The first-order valence-corrected chi connectivity index (χ1v) is 6.65. The van der Waals surface area contributed by atoms with E-state index < -0.39 is 11.9 Å². The van der Waals surface area contributed by atoms with Crippen LogP contribution in [0.2, 0.25) is 0 Å². The van der Waals surface area contributed by atoms with Gasteiger partial charge in [-0.25, -0.2) is 14.6 Å². The van der Waals surface area contributed by atoms with Gasteiger partial charge < -0.3 is 15.2 Å². The smallest absolute Gasteiger partial charge is 0.341 e. The second-order valence-corrected chi connectivity index (χ2v) is 4.87. The molecule has 108 valence electrons. The van der Waals surface area contributed by atoms with Crippen LogP contribution in [0.25, 0.3) is 0 Å². The number of aromatic nitrogens is 1. The SMILES string of the molecule is COC(=O)c1cccnc1Nc1ccc(C(=O)O)cc1Br. The van der Waals surface area contributed by atoms with Crippen molar-refractivity contribution < 1.29 is 19.4 Å². The highest BCUT2D eigenvalue weighted by Crippen LogP contribution is 2.27. The van der Waals surface area contributed by atoms with E-state index in [-0.39, 0.29) is 11.1 Å². The van der Waals surface area contributed by atoms with Crippen molar-refractivity contribution in [1.82, 2.24) is 4.98 Å². The lowest BCUT2D eigenvalue weighted by Crippen LogP contribution is -2.07. The van der Waals surface area contributed by atoms with Crippen molar-refractivity contribution in [3.8, 4) is 0 Å². The van der Waals surface area contributed by atoms with E-state index in [9.17, 15) is 9.59 Å². The number of nitrogens with zero attached hydrogens (tertiary/aromatic N) is 1. The summed E-state index contributed by atoms with van der Waals surface area (Å²) < 4.78 is 5.23. The predicted octanol–water partition coefficient (Wildman–Crippen LogP) is 3.07. The molecule has 21 heavy (non-hydrogen) atoms. The fourth-order valence-corrected chi connectivity index (χ4v) is 2.13. The zero-order chi connectivity index (χ0) is 15.4. The topological polar surface area (TPSA) is 88.5 Å². The van der Waals surface area contributed by atoms with E-state index in [2.05, 4.69) is 31.0 Å². The van der Waals surface area contributed by atoms with Gasteiger partial charge in [-0.05, 0) is 46.3 Å². The number of hydrogen-bond acceptors (Lipinski definition) is 5.